The van der Waals surface area contributed by atoms with Crippen molar-refractivity contribution in [3.8, 4) is 5.75 Å². The summed E-state index contributed by atoms with van der Waals surface area (Å²) in [6.45, 7) is 11.2. The van der Waals surface area contributed by atoms with Crippen LogP contribution < -0.4 is 4.74 Å². The lowest BCUT2D eigenvalue weighted by atomic mass is 10.0. The predicted octanol–water partition coefficient (Wildman–Crippen LogP) is 7.19. The van der Waals surface area contributed by atoms with E-state index in [1.807, 2.05) is 56.3 Å². The molecule has 0 aliphatic heterocycles. The number of pyridine rings is 2. The van der Waals surface area contributed by atoms with Crippen LogP contribution in [0.5, 0.6) is 5.75 Å². The summed E-state index contributed by atoms with van der Waals surface area (Å²) in [4.78, 5) is 37.6. The maximum atomic E-state index is 12.8. The number of ether oxygens (including phenoxy) is 2. The number of fused-ring (bicyclic) bond motifs is 1. The van der Waals surface area contributed by atoms with Crippen LogP contribution in [0.3, 0.4) is 0 Å². The average Bonchev–Trinajstić information content (AvgIpc) is 3.21. The highest BCUT2D eigenvalue weighted by atomic mass is 32.2. The van der Waals surface area contributed by atoms with Gasteiger partial charge < -0.3 is 18.9 Å². The third kappa shape index (κ3) is 9.70. The van der Waals surface area contributed by atoms with E-state index in [0.29, 0.717) is 32.4 Å². The highest BCUT2D eigenvalue weighted by Crippen LogP contribution is 2.43. The maximum absolute atomic E-state index is 12.8. The number of aromatic nitrogens is 3. The summed E-state index contributed by atoms with van der Waals surface area (Å²) in [6, 6.07) is 17.8. The Labute approximate surface area is 262 Å². The molecule has 0 unspecified atom stereocenters. The maximum Gasteiger partial charge on any atom is 0.306 e. The lowest BCUT2D eigenvalue weighted by Crippen LogP contribution is -2.32. The normalized spacial score (nSPS) is 11.8. The molecule has 10 nitrogen and oxygen atoms in total. The summed E-state index contributed by atoms with van der Waals surface area (Å²) in [5, 5.41) is 10.6. The van der Waals surface area contributed by atoms with Crippen molar-refractivity contribution in [2.24, 2.45) is 0 Å². The van der Waals surface area contributed by atoms with E-state index in [1.165, 1.54) is 0 Å². The van der Waals surface area contributed by atoms with Crippen LogP contribution >= 0.6 is 11.8 Å². The van der Waals surface area contributed by atoms with Crippen LogP contribution in [0.1, 0.15) is 71.0 Å². The van der Waals surface area contributed by atoms with E-state index in [1.54, 1.807) is 24.2 Å². The van der Waals surface area contributed by atoms with Crippen LogP contribution in [-0.4, -0.2) is 42.5 Å². The average molecular weight is 621 g/mol. The number of rotatable bonds is 15. The van der Waals surface area contributed by atoms with Crippen molar-refractivity contribution in [2.45, 2.75) is 88.7 Å². The van der Waals surface area contributed by atoms with Gasteiger partial charge >= 0.3 is 5.97 Å². The Morgan fingerprint density at radius 3 is 2.32 bits per heavy atom. The molecule has 4 aromatic rings. The molecule has 0 saturated heterocycles. The zero-order chi connectivity index (χ0) is 31.7. The smallest absolute Gasteiger partial charge is 0.306 e. The molecule has 1 aromatic carbocycles. The minimum Gasteiger partial charge on any atom is -0.487 e. The number of benzene rings is 1. The molecule has 44 heavy (non-hydrogen) atoms. The van der Waals surface area contributed by atoms with Gasteiger partial charge in [-0.3, -0.25) is 14.8 Å². The predicted molar refractivity (Wildman–Crippen MR) is 170 cm³/mol. The summed E-state index contributed by atoms with van der Waals surface area (Å²) in [5.74, 6) is 0.394. The van der Waals surface area contributed by atoms with Gasteiger partial charge in [0, 0.05) is 46.0 Å². The van der Waals surface area contributed by atoms with Crippen molar-refractivity contribution >= 4 is 28.6 Å². The molecular weight excluding hydrogens is 580 g/mol. The zero-order valence-corrected chi connectivity index (χ0v) is 26.8. The minimum absolute atomic E-state index is 0.0434. The molecule has 0 bridgehead atoms. The fourth-order valence-corrected chi connectivity index (χ4v) is 6.01. The van der Waals surface area contributed by atoms with Crippen LogP contribution in [0, 0.1) is 10.1 Å². The molecule has 4 rings (SSSR count). The van der Waals surface area contributed by atoms with E-state index < -0.39 is 10.7 Å². The first-order valence-corrected chi connectivity index (χ1v) is 15.5. The van der Waals surface area contributed by atoms with E-state index in [4.69, 9.17) is 9.47 Å². The second kappa shape index (κ2) is 14.6. The second-order valence-electron chi connectivity index (χ2n) is 12.1. The molecule has 3 aromatic heterocycles. The first-order valence-electron chi connectivity index (χ1n) is 14.7. The second-order valence-corrected chi connectivity index (χ2v) is 13.9. The third-order valence-corrected chi connectivity index (χ3v) is 7.89. The number of carbonyl (C=O) groups is 1. The Hall–Kier alpha value is -4.12. The van der Waals surface area contributed by atoms with E-state index in [2.05, 4.69) is 52.3 Å². The van der Waals surface area contributed by atoms with E-state index in [-0.39, 0.29) is 23.7 Å². The summed E-state index contributed by atoms with van der Waals surface area (Å²) >= 11 is 1.77. The van der Waals surface area contributed by atoms with Crippen LogP contribution in [0.2, 0.25) is 0 Å². The Kier molecular flexibility index (Phi) is 10.9. The van der Waals surface area contributed by atoms with Crippen LogP contribution in [0.4, 0.5) is 0 Å². The molecule has 0 aliphatic carbocycles. The Morgan fingerprint density at radius 1 is 0.977 bits per heavy atom. The van der Waals surface area contributed by atoms with Gasteiger partial charge in [0.1, 0.15) is 18.0 Å². The molecule has 234 valence electrons. The van der Waals surface area contributed by atoms with Crippen molar-refractivity contribution in [2.75, 3.05) is 6.61 Å². The first-order chi connectivity index (χ1) is 20.9. The quantitative estimate of drug-likeness (QED) is 0.0447. The fourth-order valence-electron chi connectivity index (χ4n) is 4.83. The van der Waals surface area contributed by atoms with Crippen molar-refractivity contribution in [1.29, 1.82) is 0 Å². The molecule has 0 fully saturated rings. The van der Waals surface area contributed by atoms with Gasteiger partial charge in [0.05, 0.1) is 30.1 Å². The van der Waals surface area contributed by atoms with Crippen molar-refractivity contribution < 1.29 is 24.2 Å². The fraction of sp³-hybridized carbons (Fsp3) is 0.424. The van der Waals surface area contributed by atoms with Gasteiger partial charge in [0.25, 0.3) is 5.09 Å². The minimum atomic E-state index is -0.825. The lowest BCUT2D eigenvalue weighted by molar-refractivity contribution is -0.757. The molecule has 0 radical (unpaired) electrons. The van der Waals surface area contributed by atoms with E-state index >= 15 is 0 Å². The summed E-state index contributed by atoms with van der Waals surface area (Å²) in [6.07, 6.45) is 5.00. The number of esters is 1. The van der Waals surface area contributed by atoms with Crippen LogP contribution in [0.25, 0.3) is 10.9 Å². The van der Waals surface area contributed by atoms with Gasteiger partial charge in [-0.2, -0.15) is 0 Å². The van der Waals surface area contributed by atoms with E-state index in [0.717, 1.165) is 38.6 Å². The lowest BCUT2D eigenvalue weighted by Gasteiger charge is -2.28. The SMILES string of the molecule is CC(C)(Cc1c(SC(C)(C)C)c2cc(OCc3ccccn3)ccc2n1Cc1ccccn1)OC(=O)CCCCO[N+](=O)[O-]. The molecule has 0 atom stereocenters. The third-order valence-electron chi connectivity index (χ3n) is 6.61. The van der Waals surface area contributed by atoms with Crippen molar-refractivity contribution in [1.82, 2.24) is 14.5 Å². The number of thioether (sulfide) groups is 1. The highest BCUT2D eigenvalue weighted by molar-refractivity contribution is 8.00. The van der Waals surface area contributed by atoms with Gasteiger partial charge in [-0.1, -0.05) is 32.9 Å². The summed E-state index contributed by atoms with van der Waals surface area (Å²) in [5.41, 5.74) is 3.02. The molecule has 0 aliphatic rings. The van der Waals surface area contributed by atoms with Gasteiger partial charge in [-0.25, -0.2) is 0 Å². The summed E-state index contributed by atoms with van der Waals surface area (Å²) in [7, 11) is 0. The number of unbranched alkanes of at least 4 members (excludes halogenated alkanes) is 1. The topological polar surface area (TPSA) is 119 Å². The monoisotopic (exact) mass is 620 g/mol. The Morgan fingerprint density at radius 2 is 1.68 bits per heavy atom. The van der Waals surface area contributed by atoms with Gasteiger partial charge in [-0.05, 0) is 69.2 Å². The molecule has 0 N–H and O–H groups in total. The molecule has 11 heteroatoms. The highest BCUT2D eigenvalue weighted by Gasteiger charge is 2.30. The molecular formula is C33H40N4O6S. The van der Waals surface area contributed by atoms with Crippen molar-refractivity contribution in [3.63, 3.8) is 0 Å². The van der Waals surface area contributed by atoms with Crippen LogP contribution in [-0.2, 0) is 33.9 Å². The Bertz CT molecular complexity index is 1550. The van der Waals surface area contributed by atoms with Gasteiger partial charge in [0.15, 0.2) is 0 Å². The largest absolute Gasteiger partial charge is 0.487 e. The van der Waals surface area contributed by atoms with Gasteiger partial charge in [-0.15, -0.1) is 21.9 Å². The number of nitrogens with zero attached hydrogens (tertiary/aromatic N) is 4. The standard InChI is InChI=1S/C33H40N4O6S/c1-32(2,3)44-31-27-20-26(41-23-25-13-7-10-18-35-25)15-16-28(27)36(22-24-12-6-9-17-34-24)29(31)21-33(4,5)43-30(38)14-8-11-19-42-37(39)40/h6-7,9-10,12-13,15-18,20H,8,11,14,19,21-23H2,1-5H3. The van der Waals surface area contributed by atoms with Gasteiger partial charge in [0.2, 0.25) is 0 Å². The molecule has 0 saturated carbocycles. The van der Waals surface area contributed by atoms with Crippen LogP contribution in [0.15, 0.2) is 71.9 Å². The molecule has 3 heterocycles. The number of hydrogen-bond donors (Lipinski definition) is 0. The number of carbonyl (C=O) groups excluding carboxylic acids is 1. The van der Waals surface area contributed by atoms with E-state index in [9.17, 15) is 14.9 Å². The number of hydrogen-bond acceptors (Lipinski definition) is 9. The zero-order valence-electron chi connectivity index (χ0n) is 25.9. The van der Waals surface area contributed by atoms with Crippen molar-refractivity contribution in [3.05, 3.63) is 94.2 Å². The first kappa shape index (κ1) is 32.8. The Balaban J connectivity index is 1.67. The molecule has 0 spiro atoms. The summed E-state index contributed by atoms with van der Waals surface area (Å²) < 4.78 is 14.3. The molecule has 0 amide bonds.